The summed E-state index contributed by atoms with van der Waals surface area (Å²) < 4.78 is 0. The first-order valence-corrected chi connectivity index (χ1v) is 12.8. The van der Waals surface area contributed by atoms with Crippen LogP contribution in [0.15, 0.2) is 78.9 Å². The molecule has 6 rings (SSSR count). The summed E-state index contributed by atoms with van der Waals surface area (Å²) >= 11 is 6.39. The summed E-state index contributed by atoms with van der Waals surface area (Å²) in [6, 6.07) is 22.7. The van der Waals surface area contributed by atoms with E-state index in [-0.39, 0.29) is 22.2 Å². The van der Waals surface area contributed by atoms with E-state index in [0.29, 0.717) is 6.42 Å². The maximum Gasteiger partial charge on any atom is 0.271 e. The molecule has 2 aliphatic carbocycles. The fourth-order valence-corrected chi connectivity index (χ4v) is 7.35. The lowest BCUT2D eigenvalue weighted by Gasteiger charge is -2.37. The number of rotatable bonds is 5. The van der Waals surface area contributed by atoms with E-state index in [1.165, 1.54) is 12.1 Å². The van der Waals surface area contributed by atoms with Crippen molar-refractivity contribution in [3.8, 4) is 0 Å². The number of hydrogen-bond acceptors (Lipinski definition) is 5. The van der Waals surface area contributed by atoms with Gasteiger partial charge in [-0.2, -0.15) is 0 Å². The number of anilines is 1. The third-order valence-electron chi connectivity index (χ3n) is 8.62. The summed E-state index contributed by atoms with van der Waals surface area (Å²) in [6.07, 6.45) is 0.318. The van der Waals surface area contributed by atoms with Crippen LogP contribution in [0.2, 0.25) is 5.02 Å². The zero-order valence-corrected chi connectivity index (χ0v) is 21.4. The Kier molecular flexibility index (Phi) is 5.23. The second-order valence-corrected chi connectivity index (χ2v) is 10.6. The fourth-order valence-electron chi connectivity index (χ4n) is 7.15. The van der Waals surface area contributed by atoms with E-state index >= 15 is 0 Å². The van der Waals surface area contributed by atoms with Gasteiger partial charge in [-0.1, -0.05) is 79.2 Å². The third-order valence-corrected chi connectivity index (χ3v) is 8.94. The Morgan fingerprint density at radius 2 is 1.42 bits per heavy atom. The number of ketones is 1. The number of fused-ring (bicyclic) bond motifs is 5. The van der Waals surface area contributed by atoms with E-state index in [1.54, 1.807) is 6.92 Å². The average Bonchev–Trinajstić information content (AvgIpc) is 3.39. The number of halogens is 1. The van der Waals surface area contributed by atoms with Crippen LogP contribution < -0.4 is 4.90 Å². The molecule has 0 aromatic heterocycles. The Balaban J connectivity index is 1.63. The van der Waals surface area contributed by atoms with Crippen molar-refractivity contribution < 1.29 is 19.3 Å². The Morgan fingerprint density at radius 3 is 1.97 bits per heavy atom. The molecule has 3 aromatic carbocycles. The fraction of sp³-hybridized carbons (Fsp3) is 0.233. The molecule has 1 saturated heterocycles. The first-order chi connectivity index (χ1) is 18.2. The van der Waals surface area contributed by atoms with Gasteiger partial charge in [-0.3, -0.25) is 24.5 Å². The predicted octanol–water partition coefficient (Wildman–Crippen LogP) is 5.96. The molecule has 7 nitrogen and oxygen atoms in total. The lowest BCUT2D eigenvalue weighted by Crippen LogP contribution is -2.41. The highest BCUT2D eigenvalue weighted by Gasteiger charge is 2.79. The molecule has 1 heterocycles. The minimum atomic E-state index is -1.28. The molecule has 0 radical (unpaired) electrons. The van der Waals surface area contributed by atoms with Gasteiger partial charge in [0.1, 0.15) is 0 Å². The molecule has 190 valence electrons. The van der Waals surface area contributed by atoms with Crippen LogP contribution in [0.1, 0.15) is 31.4 Å². The number of imide groups is 1. The van der Waals surface area contributed by atoms with Gasteiger partial charge in [-0.25, -0.2) is 4.90 Å². The smallest absolute Gasteiger partial charge is 0.271 e. The second kappa shape index (κ2) is 8.20. The molecule has 8 heteroatoms. The molecule has 0 spiro atoms. The molecule has 38 heavy (non-hydrogen) atoms. The first-order valence-electron chi connectivity index (χ1n) is 12.4. The van der Waals surface area contributed by atoms with Crippen molar-refractivity contribution >= 4 is 51.7 Å². The minimum Gasteiger partial charge on any atom is -0.298 e. The highest BCUT2D eigenvalue weighted by molar-refractivity contribution is 6.39. The number of nitrogens with zero attached hydrogens (tertiary/aromatic N) is 2. The van der Waals surface area contributed by atoms with E-state index in [2.05, 4.69) is 0 Å². The molecule has 2 bridgehead atoms. The van der Waals surface area contributed by atoms with Gasteiger partial charge < -0.3 is 0 Å². The van der Waals surface area contributed by atoms with Gasteiger partial charge in [-0.05, 0) is 41.7 Å². The summed E-state index contributed by atoms with van der Waals surface area (Å²) in [5.41, 5.74) is 0.348. The van der Waals surface area contributed by atoms with Gasteiger partial charge in [0.25, 0.3) is 5.69 Å². The molecule has 2 amide bonds. The van der Waals surface area contributed by atoms with Crippen LogP contribution in [0.25, 0.3) is 11.1 Å². The Morgan fingerprint density at radius 1 is 0.868 bits per heavy atom. The number of hydrogen-bond donors (Lipinski definition) is 0. The predicted molar refractivity (Wildman–Crippen MR) is 143 cm³/mol. The van der Waals surface area contributed by atoms with Gasteiger partial charge in [0.2, 0.25) is 11.8 Å². The molecule has 3 aliphatic rings. The normalized spacial score (nSPS) is 27.9. The third kappa shape index (κ3) is 2.82. The Hall–Kier alpha value is -4.10. The van der Waals surface area contributed by atoms with Crippen LogP contribution in [0.3, 0.4) is 0 Å². The monoisotopic (exact) mass is 526 g/mol. The number of Topliss-reactive ketones (excluding diaryl/α,β-unsaturated/α-hetero) is 1. The van der Waals surface area contributed by atoms with Crippen molar-refractivity contribution in [3.05, 3.63) is 105 Å². The number of carbonyl (C=O) groups is 3. The van der Waals surface area contributed by atoms with E-state index in [1.807, 2.05) is 67.6 Å². The molecule has 1 saturated carbocycles. The quantitative estimate of drug-likeness (QED) is 0.232. The molecule has 3 aromatic rings. The minimum absolute atomic E-state index is 0.0329. The van der Waals surface area contributed by atoms with E-state index in [9.17, 15) is 24.5 Å². The number of nitro groups is 1. The van der Waals surface area contributed by atoms with Crippen LogP contribution in [-0.2, 0) is 14.4 Å². The standard InChI is InChI=1S/C30H23ClN2O5/c1-3-30-23(18-12-8-5-9-13-18)22(17-10-6-4-7-11-17)29(2,28(30)36)24-25(30)27(35)32(26(24)34)21-16-19(33(37)38)14-15-20(21)31/h4-16,24-25H,3H2,1-2H3/t24-,25+,29+,30-/m1/s1. The Labute approximate surface area is 223 Å². The summed E-state index contributed by atoms with van der Waals surface area (Å²) in [5.74, 6) is -3.15. The number of amides is 2. The average molecular weight is 527 g/mol. The molecule has 0 N–H and O–H groups in total. The van der Waals surface area contributed by atoms with Crippen LogP contribution in [0, 0.1) is 32.8 Å². The number of nitro benzene ring substituents is 1. The van der Waals surface area contributed by atoms with E-state index < -0.39 is 39.4 Å². The second-order valence-electron chi connectivity index (χ2n) is 10.2. The lowest BCUT2D eigenvalue weighted by molar-refractivity contribution is -0.384. The van der Waals surface area contributed by atoms with E-state index in [4.69, 9.17) is 11.6 Å². The highest BCUT2D eigenvalue weighted by Crippen LogP contribution is 2.74. The summed E-state index contributed by atoms with van der Waals surface area (Å²) in [4.78, 5) is 54.7. The molecule has 4 atom stereocenters. The van der Waals surface area contributed by atoms with Crippen LogP contribution in [-0.4, -0.2) is 22.5 Å². The topological polar surface area (TPSA) is 97.6 Å². The summed E-state index contributed by atoms with van der Waals surface area (Å²) in [6.45, 7) is 3.64. The van der Waals surface area contributed by atoms with Crippen LogP contribution in [0.5, 0.6) is 0 Å². The van der Waals surface area contributed by atoms with Crippen LogP contribution >= 0.6 is 11.6 Å². The molecular formula is C30H23ClN2O5. The van der Waals surface area contributed by atoms with Gasteiger partial charge >= 0.3 is 0 Å². The number of benzene rings is 3. The highest BCUT2D eigenvalue weighted by atomic mass is 35.5. The van der Waals surface area contributed by atoms with Crippen molar-refractivity contribution in [1.29, 1.82) is 0 Å². The lowest BCUT2D eigenvalue weighted by atomic mass is 9.62. The number of non-ortho nitro benzene ring substituents is 1. The zero-order valence-electron chi connectivity index (χ0n) is 20.7. The largest absolute Gasteiger partial charge is 0.298 e. The van der Waals surface area contributed by atoms with Crippen molar-refractivity contribution in [1.82, 2.24) is 0 Å². The molecule has 0 unspecified atom stereocenters. The number of allylic oxidation sites excluding steroid dienone is 2. The van der Waals surface area contributed by atoms with Gasteiger partial charge in [-0.15, -0.1) is 0 Å². The maximum atomic E-state index is 14.5. The van der Waals surface area contributed by atoms with Gasteiger partial charge in [0, 0.05) is 12.1 Å². The molecular weight excluding hydrogens is 504 g/mol. The maximum absolute atomic E-state index is 14.5. The van der Waals surface area contributed by atoms with E-state index in [0.717, 1.165) is 33.2 Å². The van der Waals surface area contributed by atoms with Gasteiger partial charge in [0.05, 0.1) is 38.3 Å². The molecule has 2 fully saturated rings. The summed E-state index contributed by atoms with van der Waals surface area (Å²) in [7, 11) is 0. The Bertz CT molecular complexity index is 1580. The summed E-state index contributed by atoms with van der Waals surface area (Å²) in [5, 5.41) is 11.5. The van der Waals surface area contributed by atoms with Crippen LogP contribution in [0.4, 0.5) is 11.4 Å². The van der Waals surface area contributed by atoms with Crippen molar-refractivity contribution in [2.24, 2.45) is 22.7 Å². The van der Waals surface area contributed by atoms with Gasteiger partial charge in [0.15, 0.2) is 5.78 Å². The SMILES string of the molecule is CC[C@@]12C(=O)[C@@](C)(C(c3ccccc3)=C1c1ccccc1)[C@H]1C(=O)N(c3cc([N+](=O)[O-])ccc3Cl)C(=O)[C@H]12. The number of carbonyl (C=O) groups excluding carboxylic acids is 3. The zero-order chi connectivity index (χ0) is 27.0. The van der Waals surface area contributed by atoms with Crippen molar-refractivity contribution in [2.75, 3.05) is 4.90 Å². The van der Waals surface area contributed by atoms with Crippen molar-refractivity contribution in [2.45, 2.75) is 20.3 Å². The first kappa shape index (κ1) is 24.2. The molecule has 1 aliphatic heterocycles. The van der Waals surface area contributed by atoms with Crippen molar-refractivity contribution in [3.63, 3.8) is 0 Å².